The standard InChI is InChI=1S/C32H8F12.C20H8F2O2.C7H3BrF4/c33-9-1-3-11-13-7-18-14(8-17(13)19(15(11)5-9)21-23(35)27(39)31(43)28(40)24(21)36)12-4-2-10(34)6-16(12)20(18)22-25(37)29(41)32(44)30(42)26(22)38;21-9-1-3-11-13-7-18-14(8-17(13)19(23)15(11)5-9)12-4-2-10(22)6-16(12)20(18)24;1-2-4(9)3(8)6(11)7(12)5(2)10/h1-8H;1-8H;1H3. The summed E-state index contributed by atoms with van der Waals surface area (Å²) in [4.78, 5) is 25.2. The molecule has 0 amide bonds. The molecule has 80 heavy (non-hydrogen) atoms. The van der Waals surface area contributed by atoms with Gasteiger partial charge in [-0.2, -0.15) is 0 Å². The topological polar surface area (TPSA) is 34.1 Å². The van der Waals surface area contributed by atoms with Crippen molar-refractivity contribution < 1.29 is 79.0 Å². The minimum absolute atomic E-state index is 0.0259. The molecule has 0 aromatic heterocycles. The molecule has 0 saturated heterocycles. The molecule has 11 aromatic carbocycles. The molecule has 0 radical (unpaired) electrons. The average molecular weight is 1180 g/mol. The molecule has 2 nitrogen and oxygen atoms in total. The molecular weight excluding hydrogens is 1160 g/mol. The van der Waals surface area contributed by atoms with Crippen LogP contribution in [0.2, 0.25) is 0 Å². The van der Waals surface area contributed by atoms with Crippen LogP contribution in [0.25, 0.3) is 76.5 Å². The fraction of sp³-hybridized carbons (Fsp3) is 0.0169. The van der Waals surface area contributed by atoms with Crippen molar-refractivity contribution in [2.24, 2.45) is 0 Å². The average Bonchev–Trinajstić information content (AvgIpc) is 4.27. The summed E-state index contributed by atoms with van der Waals surface area (Å²) in [5.74, 6) is -31.6. The molecule has 400 valence electrons. The summed E-state index contributed by atoms with van der Waals surface area (Å²) < 4.78 is 251. The van der Waals surface area contributed by atoms with Crippen molar-refractivity contribution in [2.75, 3.05) is 0 Å². The molecule has 0 fully saturated rings. The summed E-state index contributed by atoms with van der Waals surface area (Å²) in [6.45, 7) is 1.03. The summed E-state index contributed by atoms with van der Waals surface area (Å²) in [6, 6.07) is 19.2. The van der Waals surface area contributed by atoms with Crippen LogP contribution in [0.3, 0.4) is 0 Å². The quantitative estimate of drug-likeness (QED) is 0.0982. The third-order valence-corrected chi connectivity index (χ3v) is 14.5. The molecule has 0 atom stereocenters. The largest absolute Gasteiger partial charge is 0.289 e. The van der Waals surface area contributed by atoms with Crippen molar-refractivity contribution in [3.05, 3.63) is 265 Å². The first-order valence-corrected chi connectivity index (χ1v) is 23.6. The van der Waals surface area contributed by atoms with E-state index in [1.165, 1.54) is 24.3 Å². The van der Waals surface area contributed by atoms with Crippen LogP contribution in [-0.2, 0) is 0 Å². The summed E-state index contributed by atoms with van der Waals surface area (Å²) >= 11 is 2.46. The van der Waals surface area contributed by atoms with Crippen molar-refractivity contribution in [3.63, 3.8) is 0 Å². The Morgan fingerprint density at radius 3 is 0.963 bits per heavy atom. The van der Waals surface area contributed by atoms with Gasteiger partial charge in [0.2, 0.25) is 11.6 Å². The molecule has 0 unspecified atom stereocenters. The number of benzene rings is 9. The van der Waals surface area contributed by atoms with E-state index in [-0.39, 0.29) is 54.7 Å². The van der Waals surface area contributed by atoms with E-state index in [1.807, 2.05) is 0 Å². The Kier molecular flexibility index (Phi) is 12.7. The molecule has 11 aromatic rings. The first kappa shape index (κ1) is 53.3. The lowest BCUT2D eigenvalue weighted by atomic mass is 9.95. The normalized spacial score (nSPS) is 12.3. The second-order valence-corrected chi connectivity index (χ2v) is 18.9. The highest BCUT2D eigenvalue weighted by Gasteiger charge is 2.36. The second kappa shape index (κ2) is 19.0. The Bertz CT molecular complexity index is 4460. The van der Waals surface area contributed by atoms with Crippen LogP contribution >= 0.6 is 15.9 Å². The van der Waals surface area contributed by atoms with E-state index in [0.29, 0.717) is 43.1 Å². The van der Waals surface area contributed by atoms with E-state index in [2.05, 4.69) is 15.9 Å². The van der Waals surface area contributed by atoms with E-state index in [9.17, 15) is 71.1 Å². The number of hydrogen-bond donors (Lipinski definition) is 0. The van der Waals surface area contributed by atoms with Crippen molar-refractivity contribution in [1.29, 1.82) is 0 Å². The molecule has 0 aliphatic heterocycles. The van der Waals surface area contributed by atoms with Crippen molar-refractivity contribution in [2.45, 2.75) is 6.92 Å². The van der Waals surface area contributed by atoms with Crippen LogP contribution < -0.4 is 21.3 Å². The highest BCUT2D eigenvalue weighted by Crippen LogP contribution is 2.44. The number of rotatable bonds is 2. The van der Waals surface area contributed by atoms with Crippen molar-refractivity contribution in [1.82, 2.24) is 0 Å². The van der Waals surface area contributed by atoms with Gasteiger partial charge < -0.3 is 0 Å². The maximum Gasteiger partial charge on any atom is 0.200 e. The Labute approximate surface area is 441 Å². The van der Waals surface area contributed by atoms with Gasteiger partial charge in [-0.3, -0.25) is 9.59 Å². The molecule has 0 spiro atoms. The third kappa shape index (κ3) is 7.82. The Morgan fingerprint density at radius 2 is 0.588 bits per heavy atom. The van der Waals surface area contributed by atoms with Crippen LogP contribution in [-0.4, -0.2) is 0 Å². The van der Waals surface area contributed by atoms with E-state index >= 15 is 17.6 Å². The lowest BCUT2D eigenvalue weighted by Gasteiger charge is -2.12. The Balaban J connectivity index is 0.000000155. The highest BCUT2D eigenvalue weighted by molar-refractivity contribution is 9.10. The monoisotopic (exact) mass is 1180 g/mol. The molecule has 2 aliphatic carbocycles. The summed E-state index contributed by atoms with van der Waals surface area (Å²) in [6.07, 6.45) is 0. The maximum absolute atomic E-state index is 15.1. The van der Waals surface area contributed by atoms with Gasteiger partial charge in [-0.25, -0.2) is 79.0 Å². The van der Waals surface area contributed by atoms with Gasteiger partial charge in [-0.15, -0.1) is 0 Å². The predicted octanol–water partition coefficient (Wildman–Crippen LogP) is 15.3. The number of hydrogen-bond acceptors (Lipinski definition) is 2. The molecule has 0 saturated carbocycles. The third-order valence-electron chi connectivity index (χ3n) is 13.8. The van der Waals surface area contributed by atoms with Crippen LogP contribution in [0.5, 0.6) is 0 Å². The molecular formula is C59H19BrF18O2. The molecule has 0 bridgehead atoms. The summed E-state index contributed by atoms with van der Waals surface area (Å²) in [5.41, 5.74) is -5.94. The Morgan fingerprint density at radius 1 is 0.275 bits per heavy atom. The summed E-state index contributed by atoms with van der Waals surface area (Å²) in [7, 11) is 0. The van der Waals surface area contributed by atoms with Crippen molar-refractivity contribution in [3.8, 4) is 22.3 Å². The second-order valence-electron chi connectivity index (χ2n) is 18.1. The number of halogens is 19. The SMILES string of the molecule is Cc1c(F)c(F)c(F)c(Br)c1F.Fc1ccc2c(c1)C(c1c(F)c(F)c(F)c(F)c1F)=c1cc3c(cc1-2)=C(c1c(F)c(F)c(F)c(F)c1F)c1cc(F)ccc1-3.O=c1c2cc(F)ccc2c2cc3c(=O)c4cc(F)ccc4c3cc12. The lowest BCUT2D eigenvalue weighted by molar-refractivity contribution is 0.376. The first-order valence-electron chi connectivity index (χ1n) is 22.8. The fourth-order valence-corrected chi connectivity index (χ4v) is 10.6. The van der Waals surface area contributed by atoms with Gasteiger partial charge in [0.1, 0.15) is 29.1 Å². The smallest absolute Gasteiger partial charge is 0.200 e. The van der Waals surface area contributed by atoms with Gasteiger partial charge in [0.25, 0.3) is 0 Å². The lowest BCUT2D eigenvalue weighted by Crippen LogP contribution is -2.18. The van der Waals surface area contributed by atoms with Crippen LogP contribution in [0.15, 0.2) is 111 Å². The molecule has 2 aliphatic rings. The Hall–Kier alpha value is -8.72. The van der Waals surface area contributed by atoms with Crippen LogP contribution in [0.4, 0.5) is 79.0 Å². The minimum atomic E-state index is -2.44. The molecule has 0 heterocycles. The van der Waals surface area contributed by atoms with Gasteiger partial charge in [-0.1, -0.05) is 24.3 Å². The van der Waals surface area contributed by atoms with Crippen LogP contribution in [0, 0.1) is 112 Å². The van der Waals surface area contributed by atoms with Gasteiger partial charge >= 0.3 is 0 Å². The zero-order valence-electron chi connectivity index (χ0n) is 39.2. The highest BCUT2D eigenvalue weighted by atomic mass is 79.9. The van der Waals surface area contributed by atoms with Gasteiger partial charge in [-0.05, 0) is 161 Å². The first-order chi connectivity index (χ1) is 37.8. The van der Waals surface area contributed by atoms with E-state index in [1.54, 1.807) is 24.3 Å². The number of fused-ring (bicyclic) bond motifs is 12. The predicted molar refractivity (Wildman–Crippen MR) is 262 cm³/mol. The van der Waals surface area contributed by atoms with Crippen molar-refractivity contribution >= 4 is 70.2 Å². The minimum Gasteiger partial charge on any atom is -0.289 e. The molecule has 0 N–H and O–H groups in total. The molecule has 13 rings (SSSR count). The van der Waals surface area contributed by atoms with E-state index in [4.69, 9.17) is 0 Å². The zero-order chi connectivity index (χ0) is 57.6. The van der Waals surface area contributed by atoms with Gasteiger partial charge in [0.15, 0.2) is 74.8 Å². The summed E-state index contributed by atoms with van der Waals surface area (Å²) in [5, 5.41) is 3.54. The zero-order valence-corrected chi connectivity index (χ0v) is 40.8. The fourth-order valence-electron chi connectivity index (χ4n) is 10.2. The van der Waals surface area contributed by atoms with Gasteiger partial charge in [0.05, 0.1) is 15.6 Å². The molecule has 21 heteroatoms. The van der Waals surface area contributed by atoms with Crippen LogP contribution in [0.1, 0.15) is 27.8 Å². The van der Waals surface area contributed by atoms with E-state index in [0.717, 1.165) is 55.5 Å². The van der Waals surface area contributed by atoms with Gasteiger partial charge in [0, 0.05) is 38.3 Å². The van der Waals surface area contributed by atoms with E-state index < -0.39 is 137 Å². The maximum atomic E-state index is 15.1.